The maximum absolute atomic E-state index is 15.3. The highest BCUT2D eigenvalue weighted by atomic mass is 16.6. The van der Waals surface area contributed by atoms with Crippen LogP contribution in [0.5, 0.6) is 5.75 Å². The Morgan fingerprint density at radius 2 is 1.72 bits per heavy atom. The standard InChI is InChI=1S/C67H81N5O7/c1-40(74)37-72-63-47-16-22-66(36-47,49-20-26-71-58(34-49)69-3)23-18-56-54-15-14-53-52-17-24-67(61(53)60(54)64(76)78-56)57(33-43(21-27-73)28-41-8-5-4-6-9-41)79-65(77)62(67)59(52)55-35-50(75)12-13-51(55)46-11-7-10-44(31-46)39-70-25-19-42-29-45(38-68-2)32-48(63)30-42/h4-13,18,29-33,35,40,43,47,49,52-53,58,61,63,68-75H,14-17,19-28,34,36-39H2,1-3H3/b56-18-,57-33-/t40-,43+,47-,49-,52+,53-,58-,61+,63-,66-,67+/m0/s1. The van der Waals surface area contributed by atoms with Gasteiger partial charge in [0.2, 0.25) is 0 Å². The Kier molecular flexibility index (Phi) is 15.5. The molecule has 0 amide bonds. The van der Waals surface area contributed by atoms with Crippen LogP contribution in [0.25, 0.3) is 16.7 Å². The highest BCUT2D eigenvalue weighted by Gasteiger charge is 2.68. The van der Waals surface area contributed by atoms with Crippen molar-refractivity contribution in [3.05, 3.63) is 165 Å². The van der Waals surface area contributed by atoms with E-state index in [9.17, 15) is 15.3 Å². The van der Waals surface area contributed by atoms with Crippen LogP contribution in [0.15, 0.2) is 131 Å². The van der Waals surface area contributed by atoms with Crippen LogP contribution in [0.1, 0.15) is 117 Å². The summed E-state index contributed by atoms with van der Waals surface area (Å²) in [7, 11) is 4.05. The molecule has 0 unspecified atom stereocenters. The van der Waals surface area contributed by atoms with E-state index in [0.29, 0.717) is 73.3 Å². The molecule has 79 heavy (non-hydrogen) atoms. The molecule has 12 nitrogen and oxygen atoms in total. The number of esters is 2. The summed E-state index contributed by atoms with van der Waals surface area (Å²) in [5.41, 5.74) is 11.0. The lowest BCUT2D eigenvalue weighted by molar-refractivity contribution is -0.135. The number of phenolic OH excluding ortho intramolecular Hbond substituents is 1. The number of aliphatic hydroxyl groups excluding tert-OH is 2. The second-order valence-corrected chi connectivity index (χ2v) is 24.6. The Bertz CT molecular complexity index is 3090. The second kappa shape index (κ2) is 22.7. The second-order valence-electron chi connectivity index (χ2n) is 24.6. The molecule has 12 heteroatoms. The number of aliphatic hydroxyl groups is 2. The minimum absolute atomic E-state index is 0.00518. The molecular formula is C67H81N5O7. The lowest BCUT2D eigenvalue weighted by Crippen LogP contribution is -2.52. The number of fused-ring (bicyclic) bond motifs is 5. The highest BCUT2D eigenvalue weighted by Crippen LogP contribution is 2.72. The van der Waals surface area contributed by atoms with Gasteiger partial charge in [0, 0.05) is 49.3 Å². The number of hydrogen-bond acceptors (Lipinski definition) is 12. The van der Waals surface area contributed by atoms with Crippen molar-refractivity contribution in [2.75, 3.05) is 40.3 Å². The van der Waals surface area contributed by atoms with Gasteiger partial charge >= 0.3 is 11.9 Å². The van der Waals surface area contributed by atoms with E-state index in [0.717, 1.165) is 116 Å². The van der Waals surface area contributed by atoms with E-state index in [1.54, 1.807) is 6.07 Å². The van der Waals surface area contributed by atoms with E-state index in [1.807, 2.05) is 51.4 Å². The summed E-state index contributed by atoms with van der Waals surface area (Å²) in [6, 6.07) is 31.6. The summed E-state index contributed by atoms with van der Waals surface area (Å²) < 4.78 is 13.4. The third-order valence-corrected chi connectivity index (χ3v) is 19.9. The number of carbonyl (C=O) groups excluding carboxylic acids is 2. The van der Waals surface area contributed by atoms with Crippen LogP contribution < -0.4 is 26.6 Å². The number of rotatable bonds is 12. The first kappa shape index (κ1) is 53.9. The van der Waals surface area contributed by atoms with Crippen molar-refractivity contribution in [1.82, 2.24) is 26.6 Å². The van der Waals surface area contributed by atoms with Gasteiger partial charge < -0.3 is 51.4 Å². The fourth-order valence-electron chi connectivity index (χ4n) is 16.5. The predicted molar refractivity (Wildman–Crippen MR) is 308 cm³/mol. The molecule has 5 aliphatic heterocycles. The lowest BCUT2D eigenvalue weighted by atomic mass is 9.44. The summed E-state index contributed by atoms with van der Waals surface area (Å²) >= 11 is 0. The molecule has 0 radical (unpaired) electrons. The number of benzene rings is 4. The van der Waals surface area contributed by atoms with Crippen LogP contribution >= 0.6 is 0 Å². The van der Waals surface area contributed by atoms with Crippen LogP contribution in [-0.4, -0.2) is 79.9 Å². The Balaban J connectivity index is 1.03. The largest absolute Gasteiger partial charge is 0.508 e. The van der Waals surface area contributed by atoms with Crippen molar-refractivity contribution >= 4 is 17.5 Å². The first-order valence-corrected chi connectivity index (χ1v) is 29.7. The minimum Gasteiger partial charge on any atom is -0.508 e. The predicted octanol–water partition coefficient (Wildman–Crippen LogP) is 9.47. The van der Waals surface area contributed by atoms with Gasteiger partial charge in [-0.3, -0.25) is 0 Å². The number of ether oxygens (including phenoxy) is 2. The number of nitrogens with one attached hydrogen (secondary N) is 5. The molecule has 14 rings (SSSR count). The maximum Gasteiger partial charge on any atom is 0.340 e. The van der Waals surface area contributed by atoms with Gasteiger partial charge in [-0.2, -0.15) is 0 Å². The van der Waals surface area contributed by atoms with Crippen molar-refractivity contribution in [2.45, 2.75) is 122 Å². The van der Waals surface area contributed by atoms with E-state index in [4.69, 9.17) is 9.47 Å². The number of carbonyl (C=O) groups is 2. The van der Waals surface area contributed by atoms with Gasteiger partial charge in [-0.15, -0.1) is 0 Å². The molecule has 14 bridgehead atoms. The molecule has 1 spiro atoms. The first-order chi connectivity index (χ1) is 38.5. The number of aromatic hydroxyl groups is 1. The zero-order valence-corrected chi connectivity index (χ0v) is 46.4. The van der Waals surface area contributed by atoms with E-state index in [2.05, 4.69) is 93.3 Å². The molecule has 5 aliphatic carbocycles. The normalized spacial score (nSPS) is 31.3. The number of allylic oxidation sites excluding steroid dienone is 5. The third kappa shape index (κ3) is 10.2. The van der Waals surface area contributed by atoms with Gasteiger partial charge in [0.05, 0.1) is 23.3 Å². The van der Waals surface area contributed by atoms with Gasteiger partial charge in [-0.25, -0.2) is 9.59 Å². The summed E-state index contributed by atoms with van der Waals surface area (Å²) in [6.07, 6.45) is 14.9. The van der Waals surface area contributed by atoms with E-state index >= 15 is 9.59 Å². The molecule has 10 aliphatic rings. The zero-order valence-electron chi connectivity index (χ0n) is 46.4. The summed E-state index contributed by atoms with van der Waals surface area (Å²) in [4.78, 5) is 30.5. The monoisotopic (exact) mass is 1070 g/mol. The quantitative estimate of drug-likeness (QED) is 0.0633. The Morgan fingerprint density at radius 1 is 0.848 bits per heavy atom. The molecule has 2 saturated heterocycles. The fourth-order valence-corrected chi connectivity index (χ4v) is 16.5. The summed E-state index contributed by atoms with van der Waals surface area (Å²) in [6.45, 7) is 5.44. The van der Waals surface area contributed by atoms with Gasteiger partial charge in [-0.05, 0) is 233 Å². The van der Waals surface area contributed by atoms with Crippen LogP contribution in [-0.2, 0) is 45.0 Å². The molecule has 416 valence electrons. The third-order valence-electron chi connectivity index (χ3n) is 19.9. The molecule has 2 saturated carbocycles. The molecule has 4 aromatic carbocycles. The van der Waals surface area contributed by atoms with Crippen LogP contribution in [0.4, 0.5) is 0 Å². The van der Waals surface area contributed by atoms with Crippen molar-refractivity contribution < 1.29 is 34.4 Å². The minimum atomic E-state index is -0.971. The van der Waals surface area contributed by atoms with Gasteiger partial charge in [-0.1, -0.05) is 72.8 Å². The average molecular weight is 1070 g/mol. The Morgan fingerprint density at radius 3 is 2.54 bits per heavy atom. The Hall–Kier alpha value is -5.70. The van der Waals surface area contributed by atoms with Crippen LogP contribution in [0.2, 0.25) is 0 Å². The molecule has 8 N–H and O–H groups in total. The maximum atomic E-state index is 15.3. The van der Waals surface area contributed by atoms with E-state index < -0.39 is 17.5 Å². The smallest absolute Gasteiger partial charge is 0.340 e. The lowest BCUT2D eigenvalue weighted by Gasteiger charge is -2.56. The Labute approximate surface area is 466 Å². The number of phenols is 1. The van der Waals surface area contributed by atoms with Crippen LogP contribution in [0, 0.1) is 46.3 Å². The van der Waals surface area contributed by atoms with E-state index in [-0.39, 0.29) is 59.6 Å². The van der Waals surface area contributed by atoms with Gasteiger partial charge in [0.1, 0.15) is 17.3 Å². The number of hydrogen-bond donors (Lipinski definition) is 8. The molecule has 4 fully saturated rings. The molecule has 4 aromatic rings. The summed E-state index contributed by atoms with van der Waals surface area (Å²) in [5, 5.41) is 51.2. The van der Waals surface area contributed by atoms with Crippen molar-refractivity contribution in [3.8, 4) is 16.9 Å². The zero-order chi connectivity index (χ0) is 54.4. The van der Waals surface area contributed by atoms with Crippen molar-refractivity contribution in [1.29, 1.82) is 0 Å². The number of cyclic esters (lactones) is 1. The highest BCUT2D eigenvalue weighted by molar-refractivity contribution is 6.07. The van der Waals surface area contributed by atoms with Crippen LogP contribution in [0.3, 0.4) is 0 Å². The van der Waals surface area contributed by atoms with Gasteiger partial charge in [0.25, 0.3) is 0 Å². The summed E-state index contributed by atoms with van der Waals surface area (Å²) in [5.74, 6) is 0.821. The fraction of sp³-hybridized carbons (Fsp3) is 0.493. The first-order valence-electron chi connectivity index (χ1n) is 29.7. The topological polar surface area (TPSA) is 173 Å². The molecule has 0 aromatic heterocycles. The van der Waals surface area contributed by atoms with Crippen molar-refractivity contribution in [2.24, 2.45) is 46.3 Å². The molecular weight excluding hydrogens is 987 g/mol. The molecule has 5 heterocycles. The van der Waals surface area contributed by atoms with E-state index in [1.165, 1.54) is 16.7 Å². The SMILES string of the molecule is CNCc1cc2cc(c1)[C@@H](NC[C@H](C)O)[C@H]1CC[C@]([C@H]3CCN[C@H](NC)C3)(C/C=C3\OC(=O)C4=C3CC[C@H]3[C@H]5CC[C@]6(C(=C5c5cc(O)ccc5-c5cccc(c5)CNCC2)C(=O)O/C6=C\[C@H](CCO)Cc2ccccc2)[C@@H]43)C1. The van der Waals surface area contributed by atoms with Crippen molar-refractivity contribution in [3.63, 3.8) is 0 Å². The average Bonchev–Trinajstić information content (AvgIpc) is 2.59. The molecule has 11 atom stereocenters. The number of piperidine rings is 1. The van der Waals surface area contributed by atoms with Gasteiger partial charge in [0.15, 0.2) is 0 Å².